The highest BCUT2D eigenvalue weighted by Crippen LogP contribution is 2.31. The van der Waals surface area contributed by atoms with Crippen LogP contribution in [0.15, 0.2) is 18.2 Å². The van der Waals surface area contributed by atoms with Gasteiger partial charge in [-0.15, -0.1) is 0 Å². The van der Waals surface area contributed by atoms with E-state index in [1.165, 1.54) is 19.1 Å². The maximum atomic E-state index is 13.6. The van der Waals surface area contributed by atoms with Gasteiger partial charge in [0.1, 0.15) is 17.1 Å². The summed E-state index contributed by atoms with van der Waals surface area (Å²) < 4.78 is 13.6. The lowest BCUT2D eigenvalue weighted by Crippen LogP contribution is -2.41. The average molecular weight is 223 g/mol. The lowest BCUT2D eigenvalue weighted by Gasteiger charge is -2.23. The third-order valence-electron chi connectivity index (χ3n) is 2.76. The summed E-state index contributed by atoms with van der Waals surface area (Å²) in [6.45, 7) is 1.45. The Labute approximate surface area is 91.1 Å². The van der Waals surface area contributed by atoms with Gasteiger partial charge in [0.25, 0.3) is 0 Å². The molecule has 1 unspecified atom stereocenters. The summed E-state index contributed by atoms with van der Waals surface area (Å²) in [5.41, 5.74) is -1.25. The van der Waals surface area contributed by atoms with Gasteiger partial charge >= 0.3 is 0 Å². The van der Waals surface area contributed by atoms with Crippen molar-refractivity contribution >= 4 is 11.7 Å². The van der Waals surface area contributed by atoms with Crippen molar-refractivity contribution in [1.29, 1.82) is 0 Å². The molecule has 1 saturated heterocycles. The highest BCUT2D eigenvalue weighted by Gasteiger charge is 2.44. The summed E-state index contributed by atoms with van der Waals surface area (Å²) in [7, 11) is 0. The first kappa shape index (κ1) is 10.6. The molecule has 0 radical (unpaired) electrons. The van der Waals surface area contributed by atoms with Crippen LogP contribution in [-0.4, -0.2) is 16.8 Å². The zero-order valence-corrected chi connectivity index (χ0v) is 8.58. The molecule has 5 heteroatoms. The predicted octanol–water partition coefficient (Wildman–Crippen LogP) is 0.836. The van der Waals surface area contributed by atoms with E-state index >= 15 is 0 Å². The largest absolute Gasteiger partial charge is 0.508 e. The first-order chi connectivity index (χ1) is 7.43. The van der Waals surface area contributed by atoms with E-state index in [0.29, 0.717) is 0 Å². The highest BCUT2D eigenvalue weighted by atomic mass is 19.1. The van der Waals surface area contributed by atoms with Crippen LogP contribution in [0.5, 0.6) is 5.75 Å². The van der Waals surface area contributed by atoms with E-state index < -0.39 is 17.3 Å². The van der Waals surface area contributed by atoms with Crippen LogP contribution in [0.3, 0.4) is 0 Å². The van der Waals surface area contributed by atoms with Crippen LogP contribution >= 0.6 is 0 Å². The van der Waals surface area contributed by atoms with Gasteiger partial charge < -0.3 is 10.4 Å². The second-order valence-corrected chi connectivity index (χ2v) is 3.94. The van der Waals surface area contributed by atoms with Crippen molar-refractivity contribution in [3.63, 3.8) is 0 Å². The molecule has 1 aliphatic rings. The number of amides is 1. The molecule has 0 saturated carbocycles. The van der Waals surface area contributed by atoms with Gasteiger partial charge in [-0.2, -0.15) is 0 Å². The summed E-state index contributed by atoms with van der Waals surface area (Å²) in [5.74, 6) is -1.72. The third-order valence-corrected chi connectivity index (χ3v) is 2.76. The number of halogens is 1. The molecular weight excluding hydrogens is 213 g/mol. The summed E-state index contributed by atoms with van der Waals surface area (Å²) in [5, 5.41) is 11.5. The molecule has 16 heavy (non-hydrogen) atoms. The molecule has 84 valence electrons. The molecule has 0 spiro atoms. The number of benzene rings is 1. The molecule has 0 aliphatic carbocycles. The molecule has 0 bridgehead atoms. The number of phenolic OH excluding ortho intramolecular Hbond substituents is 1. The Kier molecular flexibility index (Phi) is 2.18. The fourth-order valence-electron chi connectivity index (χ4n) is 1.84. The number of carbonyl (C=O) groups is 2. The summed E-state index contributed by atoms with van der Waals surface area (Å²) in [6, 6.07) is 3.49. The zero-order valence-electron chi connectivity index (χ0n) is 8.58. The standard InChI is InChI=1S/C11H10FNO3/c1-11(9(15)5-10(16)13-11)7-3-2-6(14)4-8(7)12/h2-4,14H,5H2,1H3,(H,13,16). The Balaban J connectivity index is 2.51. The fraction of sp³-hybridized carbons (Fsp3) is 0.273. The number of Topliss-reactive ketones (excluding diaryl/α,β-unsaturated/α-hetero) is 1. The van der Waals surface area contributed by atoms with Gasteiger partial charge in [-0.25, -0.2) is 4.39 Å². The quantitative estimate of drug-likeness (QED) is 0.693. The number of nitrogens with one attached hydrogen (secondary N) is 1. The average Bonchev–Trinajstić information content (AvgIpc) is 2.40. The van der Waals surface area contributed by atoms with E-state index in [-0.39, 0.29) is 23.5 Å². The molecule has 1 amide bonds. The van der Waals surface area contributed by atoms with E-state index in [9.17, 15) is 14.0 Å². The summed E-state index contributed by atoms with van der Waals surface area (Å²) in [6.07, 6.45) is -0.239. The lowest BCUT2D eigenvalue weighted by atomic mass is 9.89. The number of rotatable bonds is 1. The predicted molar refractivity (Wildman–Crippen MR) is 53.2 cm³/mol. The molecule has 2 N–H and O–H groups in total. The Morgan fingerprint density at radius 1 is 1.44 bits per heavy atom. The third kappa shape index (κ3) is 1.44. The van der Waals surface area contributed by atoms with Crippen LogP contribution in [-0.2, 0) is 15.1 Å². The van der Waals surface area contributed by atoms with E-state index in [1.807, 2.05) is 0 Å². The molecule has 1 aromatic rings. The SMILES string of the molecule is CC1(c2ccc(O)cc2F)NC(=O)CC1=O. The van der Waals surface area contributed by atoms with Crippen molar-refractivity contribution in [2.24, 2.45) is 0 Å². The number of hydrogen-bond acceptors (Lipinski definition) is 3. The molecule has 1 atom stereocenters. The number of carbonyl (C=O) groups excluding carboxylic acids is 2. The second-order valence-electron chi connectivity index (χ2n) is 3.94. The maximum Gasteiger partial charge on any atom is 0.228 e. The Morgan fingerprint density at radius 2 is 2.12 bits per heavy atom. The number of ketones is 1. The lowest BCUT2D eigenvalue weighted by molar-refractivity contribution is -0.123. The van der Waals surface area contributed by atoms with Gasteiger partial charge in [0.2, 0.25) is 5.91 Å². The van der Waals surface area contributed by atoms with E-state index in [4.69, 9.17) is 5.11 Å². The van der Waals surface area contributed by atoms with Crippen LogP contribution in [0.25, 0.3) is 0 Å². The minimum atomic E-state index is -1.32. The Hall–Kier alpha value is -1.91. The monoisotopic (exact) mass is 223 g/mol. The van der Waals surface area contributed by atoms with Crippen molar-refractivity contribution < 1.29 is 19.1 Å². The van der Waals surface area contributed by atoms with Crippen LogP contribution in [0.4, 0.5) is 4.39 Å². The van der Waals surface area contributed by atoms with Crippen molar-refractivity contribution in [2.75, 3.05) is 0 Å². The fourth-order valence-corrected chi connectivity index (χ4v) is 1.84. The van der Waals surface area contributed by atoms with Crippen LogP contribution < -0.4 is 5.32 Å². The topological polar surface area (TPSA) is 66.4 Å². The molecule has 2 rings (SSSR count). The molecule has 0 aromatic heterocycles. The number of phenols is 1. The Morgan fingerprint density at radius 3 is 2.62 bits per heavy atom. The van der Waals surface area contributed by atoms with Gasteiger partial charge in [0, 0.05) is 11.6 Å². The van der Waals surface area contributed by atoms with E-state index in [2.05, 4.69) is 5.32 Å². The minimum absolute atomic E-state index is 0.0705. The molecular formula is C11H10FNO3. The van der Waals surface area contributed by atoms with Crippen molar-refractivity contribution in [2.45, 2.75) is 18.9 Å². The Bertz CT molecular complexity index is 486. The van der Waals surface area contributed by atoms with Gasteiger partial charge in [0.05, 0.1) is 6.42 Å². The first-order valence-corrected chi connectivity index (χ1v) is 4.77. The maximum absolute atomic E-state index is 13.6. The van der Waals surface area contributed by atoms with E-state index in [0.717, 1.165) is 6.07 Å². The van der Waals surface area contributed by atoms with Gasteiger partial charge in [-0.05, 0) is 19.1 Å². The number of aromatic hydroxyl groups is 1. The van der Waals surface area contributed by atoms with Crippen molar-refractivity contribution in [1.82, 2.24) is 5.32 Å². The normalized spacial score (nSPS) is 24.6. The zero-order chi connectivity index (χ0) is 11.9. The number of hydrogen-bond donors (Lipinski definition) is 2. The second kappa shape index (κ2) is 3.30. The smallest absolute Gasteiger partial charge is 0.228 e. The highest BCUT2D eigenvalue weighted by molar-refractivity contribution is 6.10. The van der Waals surface area contributed by atoms with Crippen molar-refractivity contribution in [3.8, 4) is 5.75 Å². The van der Waals surface area contributed by atoms with Gasteiger partial charge in [-0.3, -0.25) is 9.59 Å². The summed E-state index contributed by atoms with van der Waals surface area (Å²) in [4.78, 5) is 22.7. The molecule has 1 aliphatic heterocycles. The summed E-state index contributed by atoms with van der Waals surface area (Å²) >= 11 is 0. The first-order valence-electron chi connectivity index (χ1n) is 4.77. The van der Waals surface area contributed by atoms with Crippen LogP contribution in [0, 0.1) is 5.82 Å². The molecule has 4 nitrogen and oxygen atoms in total. The molecule has 1 fully saturated rings. The van der Waals surface area contributed by atoms with E-state index in [1.54, 1.807) is 0 Å². The van der Waals surface area contributed by atoms with Crippen LogP contribution in [0.1, 0.15) is 18.9 Å². The van der Waals surface area contributed by atoms with Gasteiger partial charge in [0.15, 0.2) is 5.78 Å². The van der Waals surface area contributed by atoms with Crippen molar-refractivity contribution in [3.05, 3.63) is 29.6 Å². The van der Waals surface area contributed by atoms with Gasteiger partial charge in [-0.1, -0.05) is 0 Å². The van der Waals surface area contributed by atoms with Crippen LogP contribution in [0.2, 0.25) is 0 Å². The molecule has 1 aromatic carbocycles. The molecule has 1 heterocycles. The minimum Gasteiger partial charge on any atom is -0.508 e.